The molecule has 0 radical (unpaired) electrons. The van der Waals surface area contributed by atoms with Crippen LogP contribution < -0.4 is 9.80 Å². The molecule has 2 fully saturated rings. The maximum absolute atomic E-state index is 13.2. The number of anilines is 2. The van der Waals surface area contributed by atoms with Gasteiger partial charge in [0.15, 0.2) is 0 Å². The Balaban J connectivity index is 1.17. The van der Waals surface area contributed by atoms with Crippen molar-refractivity contribution < 1.29 is 18.5 Å². The van der Waals surface area contributed by atoms with Gasteiger partial charge in [0, 0.05) is 63.5 Å². The lowest BCUT2D eigenvalue weighted by Crippen LogP contribution is -2.51. The molecule has 0 spiro atoms. The van der Waals surface area contributed by atoms with Gasteiger partial charge >= 0.3 is 0 Å². The molecule has 3 aromatic rings. The molecule has 10 heteroatoms. The van der Waals surface area contributed by atoms with Gasteiger partial charge in [-0.15, -0.1) is 0 Å². The fourth-order valence-electron chi connectivity index (χ4n) is 4.28. The fourth-order valence-corrected chi connectivity index (χ4v) is 4.28. The third kappa shape index (κ3) is 4.28. The molecule has 0 bridgehead atoms. The summed E-state index contributed by atoms with van der Waals surface area (Å²) >= 11 is 0. The van der Waals surface area contributed by atoms with Gasteiger partial charge in [0.1, 0.15) is 11.6 Å². The zero-order valence-electron chi connectivity index (χ0n) is 18.1. The number of halogens is 1. The summed E-state index contributed by atoms with van der Waals surface area (Å²) in [6.07, 6.45) is 1.89. The van der Waals surface area contributed by atoms with E-state index in [9.17, 15) is 14.0 Å². The van der Waals surface area contributed by atoms with E-state index in [2.05, 4.69) is 20.0 Å². The second kappa shape index (κ2) is 8.61. The molecule has 9 nitrogen and oxygen atoms in total. The van der Waals surface area contributed by atoms with Gasteiger partial charge in [0.25, 0.3) is 0 Å². The van der Waals surface area contributed by atoms with Crippen molar-refractivity contribution in [3.8, 4) is 11.4 Å². The van der Waals surface area contributed by atoms with E-state index in [4.69, 9.17) is 4.52 Å². The molecule has 2 saturated heterocycles. The van der Waals surface area contributed by atoms with Crippen molar-refractivity contribution in [3.63, 3.8) is 0 Å². The predicted molar refractivity (Wildman–Crippen MR) is 118 cm³/mol. The Morgan fingerprint density at radius 3 is 2.48 bits per heavy atom. The Hall–Kier alpha value is -3.82. The first-order chi connectivity index (χ1) is 16.0. The minimum absolute atomic E-state index is 0.0107. The van der Waals surface area contributed by atoms with E-state index in [0.717, 1.165) is 11.4 Å². The van der Waals surface area contributed by atoms with Crippen molar-refractivity contribution in [2.24, 2.45) is 5.92 Å². The van der Waals surface area contributed by atoms with Crippen LogP contribution in [-0.4, -0.2) is 64.6 Å². The largest absolute Gasteiger partial charge is 0.353 e. The van der Waals surface area contributed by atoms with E-state index in [-0.39, 0.29) is 30.0 Å². The Morgan fingerprint density at radius 1 is 1.09 bits per heavy atom. The van der Waals surface area contributed by atoms with E-state index in [1.807, 2.05) is 17.0 Å². The lowest BCUT2D eigenvalue weighted by molar-refractivity contribution is -0.136. The molecule has 33 heavy (non-hydrogen) atoms. The van der Waals surface area contributed by atoms with Crippen LogP contribution in [-0.2, 0) is 9.59 Å². The van der Waals surface area contributed by atoms with Gasteiger partial charge in [-0.25, -0.2) is 9.37 Å². The summed E-state index contributed by atoms with van der Waals surface area (Å²) in [5, 5.41) is 3.90. The lowest BCUT2D eigenvalue weighted by atomic mass is 10.1. The molecular weight excluding hydrogens is 427 g/mol. The number of rotatable bonds is 4. The number of nitrogens with zero attached hydrogens (tertiary/aromatic N) is 6. The van der Waals surface area contributed by atoms with E-state index in [0.29, 0.717) is 50.1 Å². The van der Waals surface area contributed by atoms with Crippen LogP contribution in [0.5, 0.6) is 0 Å². The molecule has 2 amide bonds. The fraction of sp³-hybridized carbons (Fsp3) is 0.348. The summed E-state index contributed by atoms with van der Waals surface area (Å²) < 4.78 is 18.2. The highest BCUT2D eigenvalue weighted by Gasteiger charge is 2.38. The summed E-state index contributed by atoms with van der Waals surface area (Å²) in [5.41, 5.74) is 1.40. The van der Waals surface area contributed by atoms with E-state index in [1.54, 1.807) is 30.2 Å². The van der Waals surface area contributed by atoms with Crippen LogP contribution in [0.3, 0.4) is 0 Å². The maximum Gasteiger partial charge on any atom is 0.228 e. The number of hydrogen-bond donors (Lipinski definition) is 0. The van der Waals surface area contributed by atoms with E-state index < -0.39 is 0 Å². The molecule has 0 aliphatic carbocycles. The zero-order valence-corrected chi connectivity index (χ0v) is 18.1. The van der Waals surface area contributed by atoms with Crippen LogP contribution in [0.2, 0.25) is 0 Å². The minimum Gasteiger partial charge on any atom is -0.353 e. The molecule has 1 atom stereocenters. The highest BCUT2D eigenvalue weighted by Crippen LogP contribution is 2.27. The van der Waals surface area contributed by atoms with Crippen molar-refractivity contribution in [1.82, 2.24) is 20.0 Å². The molecule has 2 aliphatic heterocycles. The Labute approximate surface area is 189 Å². The standard InChI is InChI=1S/C23H23FN6O3/c1-15-26-22(27-33-15)16-2-7-20(25-13-16)28-8-10-29(11-9-28)23(32)17-12-21(31)30(14-17)19-5-3-18(24)4-6-19/h2-7,13,17H,8-12,14H2,1H3. The first-order valence-corrected chi connectivity index (χ1v) is 10.8. The van der Waals surface area contributed by atoms with Crippen molar-refractivity contribution in [1.29, 1.82) is 0 Å². The van der Waals surface area contributed by atoms with Crippen molar-refractivity contribution in [2.75, 3.05) is 42.5 Å². The number of piperazine rings is 1. The number of benzene rings is 1. The topological polar surface area (TPSA) is 95.7 Å². The molecular formula is C23H23FN6O3. The van der Waals surface area contributed by atoms with Crippen LogP contribution in [0.15, 0.2) is 47.1 Å². The molecule has 5 rings (SSSR count). The number of amides is 2. The number of hydrogen-bond acceptors (Lipinski definition) is 7. The lowest BCUT2D eigenvalue weighted by Gasteiger charge is -2.36. The van der Waals surface area contributed by atoms with Crippen LogP contribution in [0.25, 0.3) is 11.4 Å². The Bertz CT molecular complexity index is 1160. The third-order valence-corrected chi connectivity index (χ3v) is 6.06. The second-order valence-corrected chi connectivity index (χ2v) is 8.24. The molecule has 0 saturated carbocycles. The highest BCUT2D eigenvalue weighted by molar-refractivity contribution is 6.00. The van der Waals surface area contributed by atoms with Crippen LogP contribution in [0, 0.1) is 18.7 Å². The maximum atomic E-state index is 13.2. The number of pyridine rings is 1. The quantitative estimate of drug-likeness (QED) is 0.602. The first kappa shape index (κ1) is 21.0. The average molecular weight is 450 g/mol. The molecule has 4 heterocycles. The van der Waals surface area contributed by atoms with Crippen LogP contribution in [0.1, 0.15) is 12.3 Å². The minimum atomic E-state index is -0.384. The summed E-state index contributed by atoms with van der Waals surface area (Å²) in [6, 6.07) is 9.59. The van der Waals surface area contributed by atoms with Crippen molar-refractivity contribution in [2.45, 2.75) is 13.3 Å². The molecule has 1 unspecified atom stereocenters. The van der Waals surface area contributed by atoms with Crippen molar-refractivity contribution >= 4 is 23.3 Å². The van der Waals surface area contributed by atoms with Gasteiger partial charge in [-0.05, 0) is 36.4 Å². The SMILES string of the molecule is Cc1nc(-c2ccc(N3CCN(C(=O)C4CC(=O)N(c5ccc(F)cc5)C4)CC3)nc2)no1. The van der Waals surface area contributed by atoms with E-state index >= 15 is 0 Å². The Morgan fingerprint density at radius 2 is 1.85 bits per heavy atom. The predicted octanol–water partition coefficient (Wildman–Crippen LogP) is 2.28. The molecule has 2 aromatic heterocycles. The number of carbonyl (C=O) groups is 2. The van der Waals surface area contributed by atoms with Gasteiger partial charge in [-0.1, -0.05) is 5.16 Å². The van der Waals surface area contributed by atoms with Gasteiger partial charge in [0.05, 0.1) is 5.92 Å². The van der Waals surface area contributed by atoms with Gasteiger partial charge < -0.3 is 19.2 Å². The summed E-state index contributed by atoms with van der Waals surface area (Å²) in [7, 11) is 0. The molecule has 2 aliphatic rings. The molecule has 1 aromatic carbocycles. The van der Waals surface area contributed by atoms with E-state index in [1.165, 1.54) is 12.1 Å². The number of carbonyl (C=O) groups excluding carboxylic acids is 2. The van der Waals surface area contributed by atoms with Gasteiger partial charge in [0.2, 0.25) is 23.5 Å². The van der Waals surface area contributed by atoms with Gasteiger partial charge in [-0.2, -0.15) is 4.98 Å². The van der Waals surface area contributed by atoms with Gasteiger partial charge in [-0.3, -0.25) is 9.59 Å². The summed E-state index contributed by atoms with van der Waals surface area (Å²) in [4.78, 5) is 39.7. The highest BCUT2D eigenvalue weighted by atomic mass is 19.1. The average Bonchev–Trinajstić information content (AvgIpc) is 3.45. The Kier molecular flexibility index (Phi) is 5.49. The smallest absolute Gasteiger partial charge is 0.228 e. The van der Waals surface area contributed by atoms with Crippen LogP contribution in [0.4, 0.5) is 15.9 Å². The third-order valence-electron chi connectivity index (χ3n) is 6.06. The number of aryl methyl sites for hydroxylation is 1. The van der Waals surface area contributed by atoms with Crippen molar-refractivity contribution in [3.05, 3.63) is 54.3 Å². The first-order valence-electron chi connectivity index (χ1n) is 10.8. The summed E-state index contributed by atoms with van der Waals surface area (Å²) in [6.45, 7) is 4.49. The molecule has 0 N–H and O–H groups in total. The second-order valence-electron chi connectivity index (χ2n) is 8.24. The molecule has 170 valence electrons. The number of aromatic nitrogens is 3. The summed E-state index contributed by atoms with van der Waals surface area (Å²) in [5.74, 6) is 0.963. The monoisotopic (exact) mass is 450 g/mol. The normalized spacial score (nSPS) is 18.8. The van der Waals surface area contributed by atoms with Crippen LogP contribution >= 0.6 is 0 Å². The zero-order chi connectivity index (χ0) is 22.9.